The summed E-state index contributed by atoms with van der Waals surface area (Å²) in [6.45, 7) is 1.98. The molecule has 0 unspecified atom stereocenters. The maximum Gasteiger partial charge on any atom is 0.161 e. The van der Waals surface area contributed by atoms with Crippen molar-refractivity contribution in [3.63, 3.8) is 0 Å². The van der Waals surface area contributed by atoms with Gasteiger partial charge in [0.2, 0.25) is 0 Å². The second-order valence-electron chi connectivity index (χ2n) is 2.95. The van der Waals surface area contributed by atoms with Crippen molar-refractivity contribution in [1.82, 2.24) is 0 Å². The molecule has 0 saturated heterocycles. The minimum atomic E-state index is 0.455. The van der Waals surface area contributed by atoms with Crippen LogP contribution in [-0.2, 0) is 4.79 Å². The number of thioether (sulfide) groups is 1. The highest BCUT2D eigenvalue weighted by Gasteiger charge is 2.08. The lowest BCUT2D eigenvalue weighted by atomic mass is 10.2. The van der Waals surface area contributed by atoms with Crippen LogP contribution >= 0.6 is 11.8 Å². The lowest BCUT2D eigenvalue weighted by Crippen LogP contribution is -1.93. The lowest BCUT2D eigenvalue weighted by molar-refractivity contribution is -0.105. The zero-order valence-electron chi connectivity index (χ0n) is 9.07. The Hall–Kier alpha value is -1.16. The van der Waals surface area contributed by atoms with Gasteiger partial charge in [-0.25, -0.2) is 0 Å². The summed E-state index contributed by atoms with van der Waals surface area (Å²) in [6, 6.07) is 3.80. The van der Waals surface area contributed by atoms with Gasteiger partial charge in [-0.15, -0.1) is 11.8 Å². The van der Waals surface area contributed by atoms with Gasteiger partial charge in [0.05, 0.1) is 20.0 Å². The SMILES string of the molecule is COc1cc(C)c(SCC=O)cc1OC. The minimum Gasteiger partial charge on any atom is -0.493 e. The van der Waals surface area contributed by atoms with Gasteiger partial charge >= 0.3 is 0 Å². The highest BCUT2D eigenvalue weighted by atomic mass is 32.2. The number of hydrogen-bond donors (Lipinski definition) is 0. The first-order chi connectivity index (χ1) is 7.22. The fourth-order valence-corrected chi connectivity index (χ4v) is 1.97. The Kier molecular flexibility index (Phi) is 4.49. The topological polar surface area (TPSA) is 35.5 Å². The molecule has 0 aliphatic carbocycles. The van der Waals surface area contributed by atoms with Crippen LogP contribution in [0.15, 0.2) is 17.0 Å². The van der Waals surface area contributed by atoms with Crippen LogP contribution in [0.1, 0.15) is 5.56 Å². The fourth-order valence-electron chi connectivity index (χ4n) is 1.24. The molecule has 1 aromatic carbocycles. The average molecular weight is 226 g/mol. The molecule has 0 spiro atoms. The van der Waals surface area contributed by atoms with Gasteiger partial charge in [-0.2, -0.15) is 0 Å². The van der Waals surface area contributed by atoms with Crippen molar-refractivity contribution < 1.29 is 14.3 Å². The van der Waals surface area contributed by atoms with Crippen molar-refractivity contribution in [1.29, 1.82) is 0 Å². The third kappa shape index (κ3) is 2.89. The Labute approximate surface area is 93.8 Å². The molecule has 3 nitrogen and oxygen atoms in total. The lowest BCUT2D eigenvalue weighted by Gasteiger charge is -2.11. The molecule has 0 fully saturated rings. The smallest absolute Gasteiger partial charge is 0.161 e. The molecule has 0 aliphatic rings. The number of carbonyl (C=O) groups is 1. The summed E-state index contributed by atoms with van der Waals surface area (Å²) in [6.07, 6.45) is 0.890. The molecular weight excluding hydrogens is 212 g/mol. The first-order valence-electron chi connectivity index (χ1n) is 4.52. The molecule has 0 heterocycles. The number of aryl methyl sites for hydroxylation is 1. The third-order valence-electron chi connectivity index (χ3n) is 1.99. The standard InChI is InChI=1S/C11H14O3S/c1-8-6-9(13-2)10(14-3)7-11(8)15-5-4-12/h4,6-7H,5H2,1-3H3. The predicted molar refractivity (Wildman–Crippen MR) is 61.1 cm³/mol. The quantitative estimate of drug-likeness (QED) is 0.570. The van der Waals surface area contributed by atoms with Gasteiger partial charge < -0.3 is 14.3 Å². The number of methoxy groups -OCH3 is 2. The van der Waals surface area contributed by atoms with Crippen LogP contribution in [0.5, 0.6) is 11.5 Å². The molecule has 0 aliphatic heterocycles. The largest absolute Gasteiger partial charge is 0.493 e. The monoisotopic (exact) mass is 226 g/mol. The van der Waals surface area contributed by atoms with E-state index in [1.54, 1.807) is 14.2 Å². The predicted octanol–water partition coefficient (Wildman–Crippen LogP) is 2.30. The molecule has 0 bridgehead atoms. The summed E-state index contributed by atoms with van der Waals surface area (Å²) in [5.74, 6) is 1.86. The van der Waals surface area contributed by atoms with Gasteiger partial charge in [0.1, 0.15) is 6.29 Å². The third-order valence-corrected chi connectivity index (χ3v) is 3.04. The molecule has 0 amide bonds. The number of carbonyl (C=O) groups excluding carboxylic acids is 1. The van der Waals surface area contributed by atoms with E-state index in [-0.39, 0.29) is 0 Å². The van der Waals surface area contributed by atoms with Crippen molar-refractivity contribution in [3.8, 4) is 11.5 Å². The normalized spacial score (nSPS) is 9.80. The van der Waals surface area contributed by atoms with Crippen molar-refractivity contribution in [2.45, 2.75) is 11.8 Å². The molecule has 1 rings (SSSR count). The number of ether oxygens (including phenoxy) is 2. The average Bonchev–Trinajstić information content (AvgIpc) is 2.27. The van der Waals surface area contributed by atoms with E-state index in [1.165, 1.54) is 11.8 Å². The molecule has 0 aromatic heterocycles. The Bertz CT molecular complexity index is 350. The van der Waals surface area contributed by atoms with Crippen LogP contribution in [0.25, 0.3) is 0 Å². The van der Waals surface area contributed by atoms with Crippen LogP contribution in [0, 0.1) is 6.92 Å². The molecule has 0 radical (unpaired) electrons. The van der Waals surface area contributed by atoms with Gasteiger partial charge in [-0.3, -0.25) is 0 Å². The van der Waals surface area contributed by atoms with Crippen molar-refractivity contribution in [2.24, 2.45) is 0 Å². The molecule has 0 atom stereocenters. The van der Waals surface area contributed by atoms with Gasteiger partial charge in [-0.05, 0) is 24.6 Å². The second kappa shape index (κ2) is 5.66. The Balaban J connectivity index is 3.02. The molecule has 1 aromatic rings. The Morgan fingerprint density at radius 2 is 1.87 bits per heavy atom. The fraction of sp³-hybridized carbons (Fsp3) is 0.364. The van der Waals surface area contributed by atoms with Crippen LogP contribution in [0.3, 0.4) is 0 Å². The number of hydrogen-bond acceptors (Lipinski definition) is 4. The van der Waals surface area contributed by atoms with E-state index in [2.05, 4.69) is 0 Å². The van der Waals surface area contributed by atoms with Gasteiger partial charge in [0.15, 0.2) is 11.5 Å². The van der Waals surface area contributed by atoms with E-state index < -0.39 is 0 Å². The highest BCUT2D eigenvalue weighted by Crippen LogP contribution is 2.34. The van der Waals surface area contributed by atoms with Crippen molar-refractivity contribution in [2.75, 3.05) is 20.0 Å². The molecule has 82 valence electrons. The van der Waals surface area contributed by atoms with E-state index in [0.717, 1.165) is 16.7 Å². The van der Waals surface area contributed by atoms with Crippen LogP contribution < -0.4 is 9.47 Å². The maximum absolute atomic E-state index is 10.3. The number of rotatable bonds is 5. The van der Waals surface area contributed by atoms with E-state index in [0.29, 0.717) is 17.3 Å². The summed E-state index contributed by atoms with van der Waals surface area (Å²) in [4.78, 5) is 11.3. The van der Waals surface area contributed by atoms with Crippen molar-refractivity contribution in [3.05, 3.63) is 17.7 Å². The maximum atomic E-state index is 10.3. The van der Waals surface area contributed by atoms with E-state index in [1.807, 2.05) is 19.1 Å². The number of aldehydes is 1. The first kappa shape index (κ1) is 11.9. The highest BCUT2D eigenvalue weighted by molar-refractivity contribution is 8.00. The zero-order valence-corrected chi connectivity index (χ0v) is 9.89. The summed E-state index contributed by atoms with van der Waals surface area (Å²) in [7, 11) is 3.21. The summed E-state index contributed by atoms with van der Waals surface area (Å²) in [5.41, 5.74) is 1.08. The minimum absolute atomic E-state index is 0.455. The zero-order chi connectivity index (χ0) is 11.3. The van der Waals surface area contributed by atoms with E-state index in [4.69, 9.17) is 9.47 Å². The van der Waals surface area contributed by atoms with Crippen LogP contribution in [0.2, 0.25) is 0 Å². The molecule has 0 saturated carbocycles. The summed E-state index contributed by atoms with van der Waals surface area (Å²) >= 11 is 1.49. The van der Waals surface area contributed by atoms with Gasteiger partial charge in [0.25, 0.3) is 0 Å². The Morgan fingerprint density at radius 3 is 2.40 bits per heavy atom. The van der Waals surface area contributed by atoms with Gasteiger partial charge in [0, 0.05) is 4.90 Å². The molecule has 0 N–H and O–H groups in total. The molecule has 15 heavy (non-hydrogen) atoms. The number of benzene rings is 1. The molecule has 4 heteroatoms. The van der Waals surface area contributed by atoms with E-state index >= 15 is 0 Å². The Morgan fingerprint density at radius 1 is 1.27 bits per heavy atom. The second-order valence-corrected chi connectivity index (χ2v) is 4.01. The van der Waals surface area contributed by atoms with Crippen LogP contribution in [-0.4, -0.2) is 26.3 Å². The molecular formula is C11H14O3S. The van der Waals surface area contributed by atoms with Gasteiger partial charge in [-0.1, -0.05) is 0 Å². The first-order valence-corrected chi connectivity index (χ1v) is 5.50. The van der Waals surface area contributed by atoms with Crippen LogP contribution in [0.4, 0.5) is 0 Å². The summed E-state index contributed by atoms with van der Waals surface area (Å²) in [5, 5.41) is 0. The summed E-state index contributed by atoms with van der Waals surface area (Å²) < 4.78 is 10.4. The van der Waals surface area contributed by atoms with Crippen molar-refractivity contribution >= 4 is 18.0 Å². The van der Waals surface area contributed by atoms with E-state index in [9.17, 15) is 4.79 Å².